The molecule has 0 saturated carbocycles. The number of amides is 2. The topological polar surface area (TPSA) is 50.4 Å². The van der Waals surface area contributed by atoms with Gasteiger partial charge in [-0.15, -0.1) is 0 Å². The molecule has 2 amide bonds. The maximum atomic E-state index is 13.4. The predicted octanol–water partition coefficient (Wildman–Crippen LogP) is 1.84. The third-order valence-electron chi connectivity index (χ3n) is 2.54. The van der Waals surface area contributed by atoms with E-state index in [4.69, 9.17) is 4.74 Å². The van der Waals surface area contributed by atoms with Gasteiger partial charge in [-0.05, 0) is 25.5 Å². The molecule has 0 radical (unpaired) electrons. The molecule has 0 aromatic heterocycles. The number of carbonyl (C=O) groups excluding carboxylic acids is 1. The van der Waals surface area contributed by atoms with Gasteiger partial charge in [0, 0.05) is 25.3 Å². The number of hydrogen-bond donors (Lipinski definition) is 2. The second kappa shape index (κ2) is 7.68. The lowest BCUT2D eigenvalue weighted by atomic mass is 10.1. The monoisotopic (exact) mass is 272 g/mol. The Kier molecular flexibility index (Phi) is 6.21. The van der Waals surface area contributed by atoms with E-state index in [1.165, 1.54) is 25.3 Å². The van der Waals surface area contributed by atoms with Gasteiger partial charge in [0.05, 0.1) is 6.61 Å². The standard InChI is InChI=1S/C13H18F2N2O2/c1-9(17-13(18)16-6-7-19-2)8-10-11(14)4-3-5-12(10)15/h3-5,9H,6-8H2,1-2H3,(H2,16,17,18)/t9-/m0/s1. The molecule has 2 N–H and O–H groups in total. The Labute approximate surface area is 111 Å². The van der Waals surface area contributed by atoms with Crippen LogP contribution in [0.2, 0.25) is 0 Å². The van der Waals surface area contributed by atoms with Crippen LogP contribution in [0.5, 0.6) is 0 Å². The van der Waals surface area contributed by atoms with E-state index in [1.807, 2.05) is 0 Å². The number of carbonyl (C=O) groups is 1. The highest BCUT2D eigenvalue weighted by atomic mass is 19.1. The number of hydrogen-bond acceptors (Lipinski definition) is 2. The second-order valence-corrected chi connectivity index (χ2v) is 4.20. The first-order valence-electron chi connectivity index (χ1n) is 6.00. The van der Waals surface area contributed by atoms with Gasteiger partial charge < -0.3 is 15.4 Å². The lowest BCUT2D eigenvalue weighted by molar-refractivity contribution is 0.195. The summed E-state index contributed by atoms with van der Waals surface area (Å²) in [6, 6.07) is 2.94. The molecule has 0 bridgehead atoms. The van der Waals surface area contributed by atoms with Crippen LogP contribution in [0, 0.1) is 11.6 Å². The summed E-state index contributed by atoms with van der Waals surface area (Å²) in [4.78, 5) is 11.4. The Bertz CT molecular complexity index is 407. The number of ether oxygens (including phenoxy) is 1. The molecular weight excluding hydrogens is 254 g/mol. The molecule has 0 heterocycles. The molecule has 0 aliphatic carbocycles. The minimum atomic E-state index is -0.603. The summed E-state index contributed by atoms with van der Waals surface area (Å²) in [6.07, 6.45) is 0.0935. The van der Waals surface area contributed by atoms with E-state index in [-0.39, 0.29) is 24.1 Å². The van der Waals surface area contributed by atoms with Crippen molar-refractivity contribution in [3.63, 3.8) is 0 Å². The van der Waals surface area contributed by atoms with E-state index in [0.29, 0.717) is 13.2 Å². The SMILES string of the molecule is COCCNC(=O)N[C@@H](C)Cc1c(F)cccc1F. The number of rotatable bonds is 6. The third-order valence-corrected chi connectivity index (χ3v) is 2.54. The van der Waals surface area contributed by atoms with Gasteiger partial charge in [-0.1, -0.05) is 6.07 Å². The number of nitrogens with one attached hydrogen (secondary N) is 2. The first-order valence-corrected chi connectivity index (χ1v) is 6.00. The number of halogens is 2. The minimum Gasteiger partial charge on any atom is -0.383 e. The number of urea groups is 1. The van der Waals surface area contributed by atoms with Gasteiger partial charge in [0.2, 0.25) is 0 Å². The van der Waals surface area contributed by atoms with Crippen molar-refractivity contribution >= 4 is 6.03 Å². The zero-order valence-corrected chi connectivity index (χ0v) is 11.0. The van der Waals surface area contributed by atoms with Crippen LogP contribution >= 0.6 is 0 Å². The first-order chi connectivity index (χ1) is 9.04. The van der Waals surface area contributed by atoms with E-state index in [1.54, 1.807) is 6.92 Å². The minimum absolute atomic E-state index is 0.0211. The Morgan fingerprint density at radius 2 is 2.00 bits per heavy atom. The van der Waals surface area contributed by atoms with Gasteiger partial charge in [0.1, 0.15) is 11.6 Å². The van der Waals surface area contributed by atoms with Gasteiger partial charge in [0.15, 0.2) is 0 Å². The van der Waals surface area contributed by atoms with Gasteiger partial charge in [0.25, 0.3) is 0 Å². The predicted molar refractivity (Wildman–Crippen MR) is 67.9 cm³/mol. The smallest absolute Gasteiger partial charge is 0.315 e. The average molecular weight is 272 g/mol. The number of benzene rings is 1. The second-order valence-electron chi connectivity index (χ2n) is 4.20. The molecule has 106 valence electrons. The molecule has 1 rings (SSSR count). The fourth-order valence-corrected chi connectivity index (χ4v) is 1.63. The summed E-state index contributed by atoms with van der Waals surface area (Å²) in [7, 11) is 1.53. The largest absolute Gasteiger partial charge is 0.383 e. The quantitative estimate of drug-likeness (QED) is 0.776. The summed E-state index contributed by atoms with van der Waals surface area (Å²) in [5.41, 5.74) is -0.0211. The maximum Gasteiger partial charge on any atom is 0.315 e. The molecule has 4 nitrogen and oxygen atoms in total. The Morgan fingerprint density at radius 3 is 2.58 bits per heavy atom. The van der Waals surface area contributed by atoms with Crippen LogP contribution < -0.4 is 10.6 Å². The maximum absolute atomic E-state index is 13.4. The molecule has 0 saturated heterocycles. The van der Waals surface area contributed by atoms with Gasteiger partial charge in [-0.25, -0.2) is 13.6 Å². The average Bonchev–Trinajstić information content (AvgIpc) is 2.34. The highest BCUT2D eigenvalue weighted by molar-refractivity contribution is 5.74. The van der Waals surface area contributed by atoms with Crippen molar-refractivity contribution in [1.29, 1.82) is 0 Å². The molecule has 19 heavy (non-hydrogen) atoms. The van der Waals surface area contributed by atoms with E-state index < -0.39 is 11.6 Å². The molecule has 1 aromatic rings. The van der Waals surface area contributed by atoms with Crippen LogP contribution in [0.1, 0.15) is 12.5 Å². The highest BCUT2D eigenvalue weighted by Crippen LogP contribution is 2.13. The van der Waals surface area contributed by atoms with Crippen molar-refractivity contribution in [2.24, 2.45) is 0 Å². The van der Waals surface area contributed by atoms with Gasteiger partial charge in [-0.3, -0.25) is 0 Å². The molecule has 1 aromatic carbocycles. The molecule has 1 atom stereocenters. The Hall–Kier alpha value is -1.69. The summed E-state index contributed by atoms with van der Waals surface area (Å²) >= 11 is 0. The van der Waals surface area contributed by atoms with Crippen molar-refractivity contribution < 1.29 is 18.3 Å². The normalized spacial score (nSPS) is 12.0. The molecule has 0 aliphatic heterocycles. The van der Waals surface area contributed by atoms with Gasteiger partial charge in [-0.2, -0.15) is 0 Å². The summed E-state index contributed by atoms with van der Waals surface area (Å²) < 4.78 is 31.6. The van der Waals surface area contributed by atoms with Crippen LogP contribution in [-0.2, 0) is 11.2 Å². The molecule has 0 unspecified atom stereocenters. The van der Waals surface area contributed by atoms with E-state index in [9.17, 15) is 13.6 Å². The molecule has 0 fully saturated rings. The van der Waals surface area contributed by atoms with Crippen LogP contribution in [-0.4, -0.2) is 32.3 Å². The lowest BCUT2D eigenvalue weighted by Gasteiger charge is -2.15. The van der Waals surface area contributed by atoms with Crippen molar-refractivity contribution in [2.45, 2.75) is 19.4 Å². The molecular formula is C13H18F2N2O2. The van der Waals surface area contributed by atoms with Crippen molar-refractivity contribution in [2.75, 3.05) is 20.3 Å². The summed E-state index contributed by atoms with van der Waals surface area (Å²) in [5.74, 6) is -1.21. The van der Waals surface area contributed by atoms with Crippen molar-refractivity contribution in [3.05, 3.63) is 35.4 Å². The number of methoxy groups -OCH3 is 1. The summed E-state index contributed by atoms with van der Waals surface area (Å²) in [6.45, 7) is 2.47. The molecule has 0 aliphatic rings. The highest BCUT2D eigenvalue weighted by Gasteiger charge is 2.13. The zero-order valence-electron chi connectivity index (χ0n) is 11.0. The lowest BCUT2D eigenvalue weighted by Crippen LogP contribution is -2.42. The van der Waals surface area contributed by atoms with Gasteiger partial charge >= 0.3 is 6.03 Å². The van der Waals surface area contributed by atoms with Crippen molar-refractivity contribution in [3.8, 4) is 0 Å². The third kappa shape index (κ3) is 5.21. The van der Waals surface area contributed by atoms with Crippen molar-refractivity contribution in [1.82, 2.24) is 10.6 Å². The summed E-state index contributed by atoms with van der Waals surface area (Å²) in [5, 5.41) is 5.17. The first kappa shape index (κ1) is 15.4. The van der Waals surface area contributed by atoms with E-state index >= 15 is 0 Å². The Morgan fingerprint density at radius 1 is 1.37 bits per heavy atom. The fraction of sp³-hybridized carbons (Fsp3) is 0.462. The Balaban J connectivity index is 2.46. The van der Waals surface area contributed by atoms with Crippen LogP contribution in [0.15, 0.2) is 18.2 Å². The molecule has 0 spiro atoms. The van der Waals surface area contributed by atoms with E-state index in [0.717, 1.165) is 0 Å². The fourth-order valence-electron chi connectivity index (χ4n) is 1.63. The zero-order chi connectivity index (χ0) is 14.3. The molecule has 6 heteroatoms. The van der Waals surface area contributed by atoms with E-state index in [2.05, 4.69) is 10.6 Å². The van der Waals surface area contributed by atoms with Crippen LogP contribution in [0.3, 0.4) is 0 Å². The van der Waals surface area contributed by atoms with Crippen LogP contribution in [0.4, 0.5) is 13.6 Å². The van der Waals surface area contributed by atoms with Crippen LogP contribution in [0.25, 0.3) is 0 Å².